The van der Waals surface area contributed by atoms with E-state index < -0.39 is 5.97 Å². The number of carbonyl (C=O) groups is 1. The number of carbonyl (C=O) groups excluding carboxylic acids is 1. The Kier molecular flexibility index (Phi) is 5.61. The molecule has 3 aromatic rings. The topological polar surface area (TPSA) is 89.0 Å². The molecule has 0 fully saturated rings. The number of rotatable bonds is 6. The number of hydrogen-bond acceptors (Lipinski definition) is 7. The molecule has 0 aliphatic carbocycles. The number of nitrogens with zero attached hydrogens (tertiary/aromatic N) is 3. The molecule has 1 heterocycles. The molecule has 0 aliphatic heterocycles. The average molecular weight is 363 g/mol. The number of hydrogen-bond donors (Lipinski definition) is 2. The summed E-state index contributed by atoms with van der Waals surface area (Å²) in [4.78, 5) is 16.4. The first-order chi connectivity index (χ1) is 13.1. The lowest BCUT2D eigenvalue weighted by molar-refractivity contribution is 0.0602. The molecule has 2 N–H and O–H groups in total. The van der Waals surface area contributed by atoms with Crippen LogP contribution in [0.4, 0.5) is 23.1 Å². The summed E-state index contributed by atoms with van der Waals surface area (Å²) in [5, 5.41) is 14.4. The SMILES string of the molecule is CCc1cccc(C)c1Nc1nncc(Nc2ccccc2C(=O)OC)n1. The molecular weight excluding hydrogens is 342 g/mol. The highest BCUT2D eigenvalue weighted by atomic mass is 16.5. The van der Waals surface area contributed by atoms with Crippen LogP contribution in [0.15, 0.2) is 48.7 Å². The predicted molar refractivity (Wildman–Crippen MR) is 105 cm³/mol. The molecule has 138 valence electrons. The maximum Gasteiger partial charge on any atom is 0.339 e. The summed E-state index contributed by atoms with van der Waals surface area (Å²) in [7, 11) is 1.35. The molecule has 3 rings (SSSR count). The molecule has 0 bridgehead atoms. The second-order valence-electron chi connectivity index (χ2n) is 5.91. The first-order valence-electron chi connectivity index (χ1n) is 8.62. The highest BCUT2D eigenvalue weighted by molar-refractivity contribution is 5.96. The molecule has 0 radical (unpaired) electrons. The van der Waals surface area contributed by atoms with Crippen LogP contribution in [-0.4, -0.2) is 28.3 Å². The van der Waals surface area contributed by atoms with Crippen molar-refractivity contribution in [2.45, 2.75) is 20.3 Å². The number of aryl methyl sites for hydroxylation is 2. The smallest absolute Gasteiger partial charge is 0.339 e. The summed E-state index contributed by atoms with van der Waals surface area (Å²) in [5.74, 6) is 0.418. The second kappa shape index (κ2) is 8.27. The Morgan fingerprint density at radius 2 is 1.93 bits per heavy atom. The van der Waals surface area contributed by atoms with Crippen LogP contribution in [-0.2, 0) is 11.2 Å². The quantitative estimate of drug-likeness (QED) is 0.639. The van der Waals surface area contributed by atoms with Gasteiger partial charge in [-0.2, -0.15) is 10.1 Å². The maximum absolute atomic E-state index is 11.9. The third-order valence-corrected chi connectivity index (χ3v) is 4.13. The lowest BCUT2D eigenvalue weighted by Crippen LogP contribution is -2.08. The Labute approximate surface area is 157 Å². The fraction of sp³-hybridized carbons (Fsp3) is 0.200. The Morgan fingerprint density at radius 1 is 1.11 bits per heavy atom. The second-order valence-corrected chi connectivity index (χ2v) is 5.91. The van der Waals surface area contributed by atoms with Gasteiger partial charge in [0.1, 0.15) is 0 Å². The summed E-state index contributed by atoms with van der Waals surface area (Å²) in [5.41, 5.74) is 4.26. The highest BCUT2D eigenvalue weighted by Gasteiger charge is 2.12. The first kappa shape index (κ1) is 18.3. The fourth-order valence-corrected chi connectivity index (χ4v) is 2.75. The Hall–Kier alpha value is -3.48. The van der Waals surface area contributed by atoms with Gasteiger partial charge in [0.2, 0.25) is 5.95 Å². The van der Waals surface area contributed by atoms with Crippen molar-refractivity contribution in [2.75, 3.05) is 17.7 Å². The number of nitrogens with one attached hydrogen (secondary N) is 2. The zero-order valence-corrected chi connectivity index (χ0v) is 15.5. The van der Waals surface area contributed by atoms with Crippen LogP contribution in [0.1, 0.15) is 28.4 Å². The molecule has 0 amide bonds. The molecule has 0 saturated heterocycles. The number of anilines is 4. The van der Waals surface area contributed by atoms with E-state index in [9.17, 15) is 4.79 Å². The molecule has 1 aromatic heterocycles. The standard InChI is InChI=1S/C20H21N5O2/c1-4-14-9-7-8-13(2)18(14)24-20-23-17(12-21-25-20)22-16-11-6-5-10-15(16)19(26)27-3/h5-12H,4H2,1-3H3,(H2,22,23,24,25). The van der Waals surface area contributed by atoms with Gasteiger partial charge in [-0.15, -0.1) is 5.10 Å². The van der Waals surface area contributed by atoms with E-state index in [1.54, 1.807) is 18.2 Å². The molecule has 0 atom stereocenters. The third-order valence-electron chi connectivity index (χ3n) is 4.13. The van der Waals surface area contributed by atoms with E-state index in [-0.39, 0.29) is 0 Å². The van der Waals surface area contributed by atoms with Crippen molar-refractivity contribution in [1.29, 1.82) is 0 Å². The van der Waals surface area contributed by atoms with Gasteiger partial charge < -0.3 is 15.4 Å². The van der Waals surface area contributed by atoms with Crippen LogP contribution in [0.25, 0.3) is 0 Å². The van der Waals surface area contributed by atoms with E-state index in [1.165, 1.54) is 18.9 Å². The summed E-state index contributed by atoms with van der Waals surface area (Å²) in [6.07, 6.45) is 2.39. The van der Waals surface area contributed by atoms with Gasteiger partial charge in [-0.25, -0.2) is 4.79 Å². The van der Waals surface area contributed by atoms with Gasteiger partial charge in [0.25, 0.3) is 0 Å². The fourth-order valence-electron chi connectivity index (χ4n) is 2.75. The number of esters is 1. The lowest BCUT2D eigenvalue weighted by Gasteiger charge is -2.13. The highest BCUT2D eigenvalue weighted by Crippen LogP contribution is 2.25. The van der Waals surface area contributed by atoms with Crippen LogP contribution in [0.5, 0.6) is 0 Å². The molecule has 7 heteroatoms. The van der Waals surface area contributed by atoms with Gasteiger partial charge in [0.15, 0.2) is 5.82 Å². The van der Waals surface area contributed by atoms with Crippen molar-refractivity contribution in [2.24, 2.45) is 0 Å². The van der Waals surface area contributed by atoms with Crippen molar-refractivity contribution in [3.63, 3.8) is 0 Å². The molecule has 0 aliphatic rings. The summed E-state index contributed by atoms with van der Waals surface area (Å²) >= 11 is 0. The monoisotopic (exact) mass is 363 g/mol. The minimum atomic E-state index is -0.425. The maximum atomic E-state index is 11.9. The average Bonchev–Trinajstić information content (AvgIpc) is 2.69. The van der Waals surface area contributed by atoms with Crippen molar-refractivity contribution in [1.82, 2.24) is 15.2 Å². The molecular formula is C20H21N5O2. The molecule has 2 aromatic carbocycles. The van der Waals surface area contributed by atoms with Crippen LogP contribution in [0, 0.1) is 6.92 Å². The van der Waals surface area contributed by atoms with Crippen molar-refractivity contribution in [3.8, 4) is 0 Å². The van der Waals surface area contributed by atoms with Gasteiger partial charge in [-0.05, 0) is 36.6 Å². The van der Waals surface area contributed by atoms with E-state index >= 15 is 0 Å². The minimum Gasteiger partial charge on any atom is -0.465 e. The van der Waals surface area contributed by atoms with Crippen molar-refractivity contribution >= 4 is 29.1 Å². The van der Waals surface area contributed by atoms with Gasteiger partial charge in [-0.1, -0.05) is 37.3 Å². The third kappa shape index (κ3) is 4.20. The molecule has 27 heavy (non-hydrogen) atoms. The summed E-state index contributed by atoms with van der Waals surface area (Å²) < 4.78 is 4.82. The van der Waals surface area contributed by atoms with Gasteiger partial charge in [0.05, 0.1) is 24.6 Å². The number of aromatic nitrogens is 3. The predicted octanol–water partition coefficient (Wildman–Crippen LogP) is 4.02. The zero-order valence-electron chi connectivity index (χ0n) is 15.5. The molecule has 0 unspecified atom stereocenters. The number of para-hydroxylation sites is 2. The van der Waals surface area contributed by atoms with Crippen LogP contribution < -0.4 is 10.6 Å². The van der Waals surface area contributed by atoms with Crippen LogP contribution in [0.2, 0.25) is 0 Å². The van der Waals surface area contributed by atoms with Crippen LogP contribution in [0.3, 0.4) is 0 Å². The first-order valence-corrected chi connectivity index (χ1v) is 8.62. The Balaban J connectivity index is 1.87. The molecule has 7 nitrogen and oxygen atoms in total. The number of ether oxygens (including phenoxy) is 1. The minimum absolute atomic E-state index is 0.375. The lowest BCUT2D eigenvalue weighted by atomic mass is 10.1. The van der Waals surface area contributed by atoms with E-state index in [0.717, 1.165) is 17.7 Å². The normalized spacial score (nSPS) is 10.3. The van der Waals surface area contributed by atoms with E-state index in [1.807, 2.05) is 25.1 Å². The number of benzene rings is 2. The van der Waals surface area contributed by atoms with Gasteiger partial charge in [0, 0.05) is 5.69 Å². The van der Waals surface area contributed by atoms with Crippen molar-refractivity contribution < 1.29 is 9.53 Å². The van der Waals surface area contributed by atoms with Crippen molar-refractivity contribution in [3.05, 3.63) is 65.4 Å². The van der Waals surface area contributed by atoms with Gasteiger partial charge >= 0.3 is 5.97 Å². The summed E-state index contributed by atoms with van der Waals surface area (Å²) in [6, 6.07) is 13.2. The van der Waals surface area contributed by atoms with E-state index in [2.05, 4.69) is 38.8 Å². The summed E-state index contributed by atoms with van der Waals surface area (Å²) in [6.45, 7) is 4.13. The largest absolute Gasteiger partial charge is 0.465 e. The molecule has 0 spiro atoms. The Bertz CT molecular complexity index is 959. The van der Waals surface area contributed by atoms with Gasteiger partial charge in [-0.3, -0.25) is 0 Å². The zero-order chi connectivity index (χ0) is 19.2. The Morgan fingerprint density at radius 3 is 2.70 bits per heavy atom. The van der Waals surface area contributed by atoms with E-state index in [4.69, 9.17) is 4.74 Å². The van der Waals surface area contributed by atoms with E-state index in [0.29, 0.717) is 23.0 Å². The molecule has 0 saturated carbocycles. The van der Waals surface area contributed by atoms with Crippen LogP contribution >= 0.6 is 0 Å². The number of methoxy groups -OCH3 is 1.